The van der Waals surface area contributed by atoms with Crippen molar-refractivity contribution in [2.75, 3.05) is 5.73 Å². The van der Waals surface area contributed by atoms with Crippen molar-refractivity contribution in [3.63, 3.8) is 0 Å². The number of amides is 3. The number of nitrogen functional groups attached to an aromatic ring is 1. The van der Waals surface area contributed by atoms with Gasteiger partial charge in [0, 0.05) is 24.1 Å². The number of anilines is 1. The number of hydrogen-bond acceptors (Lipinski definition) is 13. The van der Waals surface area contributed by atoms with Crippen LogP contribution in [-0.2, 0) is 49.7 Å². The van der Waals surface area contributed by atoms with Gasteiger partial charge < -0.3 is 33.2 Å². The number of nitrogens with one attached hydrogen (secondary N) is 4. The van der Waals surface area contributed by atoms with Gasteiger partial charge in [-0.1, -0.05) is 176 Å². The Morgan fingerprint density at radius 2 is 1.62 bits per heavy atom. The second kappa shape index (κ2) is 28.5. The van der Waals surface area contributed by atoms with Crippen molar-refractivity contribution in [3.05, 3.63) is 159 Å². The lowest BCUT2D eigenvalue weighted by Gasteiger charge is -2.67. The smallest absolute Gasteiger partial charge is 0.229 e. The van der Waals surface area contributed by atoms with Gasteiger partial charge >= 0.3 is 0 Å². The van der Waals surface area contributed by atoms with Crippen LogP contribution in [0.2, 0.25) is 0 Å². The van der Waals surface area contributed by atoms with Gasteiger partial charge in [-0.3, -0.25) is 29.4 Å². The summed E-state index contributed by atoms with van der Waals surface area (Å²) >= 11 is 2.56. The average Bonchev–Trinajstić information content (AvgIpc) is 3.92. The van der Waals surface area contributed by atoms with Crippen LogP contribution in [0.25, 0.3) is 0 Å². The van der Waals surface area contributed by atoms with Gasteiger partial charge in [-0.05, 0) is 133 Å². The Balaban J connectivity index is 0.000000368. The highest BCUT2D eigenvalue weighted by atomic mass is 32.2. The van der Waals surface area contributed by atoms with Gasteiger partial charge in [-0.15, -0.1) is 10.2 Å². The Bertz CT molecular complexity index is 2880. The van der Waals surface area contributed by atoms with E-state index in [9.17, 15) is 24.0 Å². The molecule has 16 heteroatoms. The van der Waals surface area contributed by atoms with E-state index in [4.69, 9.17) is 22.6 Å². The second-order valence-electron chi connectivity index (χ2n) is 22.8. The molecule has 2 aliphatic carbocycles. The van der Waals surface area contributed by atoms with Gasteiger partial charge in [-0.25, -0.2) is 0 Å². The lowest BCUT2D eigenvalue weighted by molar-refractivity contribution is -0.142. The van der Waals surface area contributed by atoms with E-state index >= 15 is 0 Å². The van der Waals surface area contributed by atoms with Gasteiger partial charge in [0.1, 0.15) is 10.8 Å². The van der Waals surface area contributed by atoms with Crippen LogP contribution in [0.5, 0.6) is 0 Å². The number of unbranched alkanes of at least 4 members (excludes halogenated alkanes) is 1. The summed E-state index contributed by atoms with van der Waals surface area (Å²) < 4.78 is 0. The summed E-state index contributed by atoms with van der Waals surface area (Å²) in [6.45, 7) is 25.5. The van der Waals surface area contributed by atoms with E-state index in [0.29, 0.717) is 58.7 Å². The minimum Gasteiger partial charge on any atom is -0.402 e. The predicted octanol–water partition coefficient (Wildman–Crippen LogP) is 11.4. The van der Waals surface area contributed by atoms with Crippen LogP contribution in [0.15, 0.2) is 137 Å². The Labute approximate surface area is 477 Å². The van der Waals surface area contributed by atoms with E-state index in [0.717, 1.165) is 95.2 Å². The van der Waals surface area contributed by atoms with E-state index < -0.39 is 27.9 Å². The standard InChI is InChI=1S/C45H59N3O4S.C18H26N6OS/c1-11-15-29(2)41(52)37(49)26-36-28-43(9,30(36)3)45(42(6,7)8)27-35-20-18-34(19-21-35)24-39(50)47-32(5)53-38(46)22-23-44(10,31(45)4)48-40(51)25-33-16-13-12-14-17-33;19-14(8-4-5-9-17-23-24-18(21)26-17)10-11-15(20)22-16(25)12-13-6-2-1-3-7-13/h12-14,16-21,28,30-31,46H,2,5,11,15,22-27H2,1,3-4,6-10H3,(H,47,50)(H,48,51);2,6-7,10-11H,1,3-5,8-9,12,19-20H2,(H2,21,24)(H,22,25)/b;14-10-,15-11+. The molecule has 0 spiro atoms. The molecule has 5 unspecified atom stereocenters. The van der Waals surface area contributed by atoms with E-state index in [2.05, 4.69) is 118 Å². The maximum Gasteiger partial charge on any atom is 0.229 e. The number of thioether (sulfide) groups is 1. The van der Waals surface area contributed by atoms with Crippen LogP contribution in [0.1, 0.15) is 148 Å². The summed E-state index contributed by atoms with van der Waals surface area (Å²) in [7, 11) is 0. The number of benzene rings is 2. The first-order chi connectivity index (χ1) is 37.3. The quantitative estimate of drug-likeness (QED) is 0.0195. The van der Waals surface area contributed by atoms with Crippen molar-refractivity contribution >= 4 is 62.6 Å². The second-order valence-corrected chi connectivity index (χ2v) is 25.1. The minimum absolute atomic E-state index is 0.0459. The lowest BCUT2D eigenvalue weighted by Crippen LogP contribution is -2.67. The monoisotopic (exact) mass is 1110 g/mol. The number of rotatable bonds is 19. The molecule has 3 aromatic rings. The topological polar surface area (TPSA) is 249 Å². The molecule has 14 nitrogen and oxygen atoms in total. The molecule has 0 fully saturated rings. The molecule has 0 saturated heterocycles. The molecule has 3 heterocycles. The maximum atomic E-state index is 14.0. The van der Waals surface area contributed by atoms with Crippen molar-refractivity contribution in [1.82, 2.24) is 26.1 Å². The first kappa shape index (κ1) is 63.2. The number of aryl methyl sites for hydroxylation is 1. The molecule has 1 aromatic heterocycles. The maximum absolute atomic E-state index is 14.0. The van der Waals surface area contributed by atoms with Crippen LogP contribution in [-0.4, -0.2) is 50.1 Å². The van der Waals surface area contributed by atoms with E-state index in [1.54, 1.807) is 12.2 Å². The van der Waals surface area contributed by atoms with E-state index in [1.165, 1.54) is 11.3 Å². The summed E-state index contributed by atoms with van der Waals surface area (Å²) in [5.41, 5.74) is 21.2. The molecular weight excluding hydrogens is 1030 g/mol. The molecule has 79 heavy (non-hydrogen) atoms. The number of aromatic nitrogens is 2. The van der Waals surface area contributed by atoms with Gasteiger partial charge in [0.05, 0.1) is 29.3 Å². The molecule has 5 atom stereocenters. The molecule has 424 valence electrons. The normalized spacial score (nSPS) is 23.0. The summed E-state index contributed by atoms with van der Waals surface area (Å²) in [5, 5.41) is 27.9. The fraction of sp³-hybridized carbons (Fsp3) is 0.460. The molecule has 2 aliphatic heterocycles. The van der Waals surface area contributed by atoms with Crippen molar-refractivity contribution in [3.8, 4) is 0 Å². The highest BCUT2D eigenvalue weighted by Gasteiger charge is 2.65. The number of carbonyl (C=O) groups excluding carboxylic acids is 5. The number of fused-ring (bicyclic) bond motifs is 13. The fourth-order valence-corrected chi connectivity index (χ4v) is 13.0. The zero-order chi connectivity index (χ0) is 58.1. The molecule has 3 amide bonds. The van der Waals surface area contributed by atoms with Crippen LogP contribution < -0.4 is 33.2 Å². The van der Waals surface area contributed by atoms with E-state index in [-0.39, 0.29) is 54.2 Å². The Morgan fingerprint density at radius 1 is 0.924 bits per heavy atom. The number of carbonyl (C=O) groups is 5. The number of Topliss-reactive ketones (excluding diaryl/α,β-unsaturated/α-hetero) is 2. The molecule has 4 aliphatic rings. The Morgan fingerprint density at radius 3 is 2.24 bits per heavy atom. The molecule has 7 rings (SSSR count). The summed E-state index contributed by atoms with van der Waals surface area (Å²) in [6.07, 6.45) is 20.8. The minimum atomic E-state index is -0.788. The summed E-state index contributed by atoms with van der Waals surface area (Å²) in [5.74, 6) is -1.22. The van der Waals surface area contributed by atoms with Gasteiger partial charge in [0.15, 0.2) is 0 Å². The van der Waals surface area contributed by atoms with Crippen LogP contribution in [0.3, 0.4) is 0 Å². The molecule has 0 saturated carbocycles. The van der Waals surface area contributed by atoms with Crippen LogP contribution >= 0.6 is 23.1 Å². The number of hydrogen-bond donors (Lipinski definition) is 7. The van der Waals surface area contributed by atoms with Crippen molar-refractivity contribution in [2.24, 2.45) is 39.5 Å². The van der Waals surface area contributed by atoms with Crippen molar-refractivity contribution < 1.29 is 24.0 Å². The fourth-order valence-electron chi connectivity index (χ4n) is 11.7. The third kappa shape index (κ3) is 17.4. The zero-order valence-electron chi connectivity index (χ0n) is 47.8. The van der Waals surface area contributed by atoms with Gasteiger partial charge in [-0.2, -0.15) is 0 Å². The lowest BCUT2D eigenvalue weighted by atomic mass is 9.37. The number of allylic oxidation sites excluding steroid dienone is 9. The summed E-state index contributed by atoms with van der Waals surface area (Å²) in [4.78, 5) is 65.1. The Hall–Kier alpha value is -6.65. The van der Waals surface area contributed by atoms with Crippen LogP contribution in [0, 0.1) is 33.5 Å². The molecule has 10 N–H and O–H groups in total. The van der Waals surface area contributed by atoms with E-state index in [1.807, 2.05) is 55.5 Å². The Kier molecular flexibility index (Phi) is 22.8. The van der Waals surface area contributed by atoms with Crippen LogP contribution in [0.4, 0.5) is 5.13 Å². The SMILES string of the molecule is C=C1NC(=O)Cc2ccc(cc2)CC(C(C)(C)C)(C2(C)C=C(CC(=O)C(=O)C(=C)CCC)C2C)C(C)C(C)(NC(=O)Cc2ccccc2)CCC(=N)S1.N/C(=C\C=C(/N)NC(=O)CC1=CCCC=C1)CCCCc1nnc(N)s1. The number of ketones is 2. The largest absolute Gasteiger partial charge is 0.402 e. The number of nitrogens with zero attached hydrogens (tertiary/aromatic N) is 2. The van der Waals surface area contributed by atoms with Crippen molar-refractivity contribution in [1.29, 1.82) is 5.41 Å². The molecule has 0 radical (unpaired) electrons. The third-order valence-corrected chi connectivity index (χ3v) is 17.7. The zero-order valence-corrected chi connectivity index (χ0v) is 49.5. The summed E-state index contributed by atoms with van der Waals surface area (Å²) in [6, 6.07) is 17.9. The van der Waals surface area contributed by atoms with Gasteiger partial charge in [0.25, 0.3) is 0 Å². The van der Waals surface area contributed by atoms with Gasteiger partial charge in [0.2, 0.25) is 34.4 Å². The first-order valence-electron chi connectivity index (χ1n) is 27.6. The predicted molar refractivity (Wildman–Crippen MR) is 323 cm³/mol. The molecule has 2 bridgehead atoms. The highest BCUT2D eigenvalue weighted by Crippen LogP contribution is 2.69. The molecule has 2 aromatic carbocycles. The molecular formula is C63H85N9O5S2. The number of nitrogens with two attached hydrogens (primary N) is 3. The average molecular weight is 1110 g/mol. The van der Waals surface area contributed by atoms with Crippen molar-refractivity contribution in [2.45, 2.75) is 157 Å². The first-order valence-corrected chi connectivity index (χ1v) is 29.2. The highest BCUT2D eigenvalue weighted by molar-refractivity contribution is 8.17. The third-order valence-electron chi connectivity index (χ3n) is 16.1.